The second-order valence-corrected chi connectivity index (χ2v) is 5.89. The number of aliphatic hydroxyl groups excluding tert-OH is 1. The molecule has 19 heavy (non-hydrogen) atoms. The minimum Gasteiger partial charge on any atom is -0.394 e. The Morgan fingerprint density at radius 2 is 1.79 bits per heavy atom. The largest absolute Gasteiger partial charge is 0.394 e. The molecule has 102 valence electrons. The van der Waals surface area contributed by atoms with E-state index in [0.717, 1.165) is 20.4 Å². The van der Waals surface area contributed by atoms with E-state index < -0.39 is 15.6 Å². The van der Waals surface area contributed by atoms with Gasteiger partial charge in [-0.25, -0.2) is 4.68 Å². The number of hydrogen-bond acceptors (Lipinski definition) is 4. The van der Waals surface area contributed by atoms with Crippen LogP contribution in [-0.4, -0.2) is 28.9 Å². The minimum absolute atomic E-state index is 0.0725. The fraction of sp³-hybridized carbons (Fsp3) is 0.250. The van der Waals surface area contributed by atoms with Crippen LogP contribution in [0.5, 0.6) is 0 Å². The lowest BCUT2D eigenvalue weighted by molar-refractivity contribution is 0.264. The van der Waals surface area contributed by atoms with Gasteiger partial charge in [0.15, 0.2) is 0 Å². The van der Waals surface area contributed by atoms with E-state index in [-0.39, 0.29) is 18.0 Å². The highest BCUT2D eigenvalue weighted by Crippen LogP contribution is 2.13. The molecule has 0 aliphatic carbocycles. The van der Waals surface area contributed by atoms with E-state index in [1.54, 1.807) is 12.1 Å². The molecule has 7 heteroatoms. The van der Waals surface area contributed by atoms with Crippen molar-refractivity contribution in [2.75, 3.05) is 6.61 Å². The summed E-state index contributed by atoms with van der Waals surface area (Å²) < 4.78 is 26.6. The molecule has 0 bridgehead atoms. The summed E-state index contributed by atoms with van der Waals surface area (Å²) in [7, 11) is -3.82. The fourth-order valence-electron chi connectivity index (χ4n) is 1.72. The van der Waals surface area contributed by atoms with Gasteiger partial charge in [0.25, 0.3) is 15.6 Å². The van der Waals surface area contributed by atoms with Crippen LogP contribution in [-0.2, 0) is 16.6 Å². The predicted octanol–water partition coefficient (Wildman–Crippen LogP) is 0.188. The van der Waals surface area contributed by atoms with Crippen molar-refractivity contribution in [3.05, 3.63) is 52.4 Å². The van der Waals surface area contributed by atoms with Gasteiger partial charge in [0.1, 0.15) is 0 Å². The van der Waals surface area contributed by atoms with Crippen molar-refractivity contribution in [1.82, 2.24) is 8.77 Å². The van der Waals surface area contributed by atoms with E-state index in [1.165, 1.54) is 18.3 Å². The van der Waals surface area contributed by atoms with Crippen LogP contribution in [0.3, 0.4) is 0 Å². The number of benzene rings is 1. The maximum Gasteiger partial charge on any atom is 0.281 e. The lowest BCUT2D eigenvalue weighted by Gasteiger charge is -2.11. The summed E-state index contributed by atoms with van der Waals surface area (Å²) in [4.78, 5) is 11.6. The second kappa shape index (κ2) is 5.02. The van der Waals surface area contributed by atoms with E-state index in [0.29, 0.717) is 0 Å². The molecule has 1 heterocycles. The highest BCUT2D eigenvalue weighted by Gasteiger charge is 2.19. The molecule has 1 aromatic carbocycles. The number of aryl methyl sites for hydroxylation is 1. The first kappa shape index (κ1) is 13.6. The highest BCUT2D eigenvalue weighted by atomic mass is 32.2. The van der Waals surface area contributed by atoms with Crippen LogP contribution in [0.15, 0.2) is 46.2 Å². The number of aliphatic hydroxyl groups is 1. The number of nitrogens with zero attached hydrogens (tertiary/aromatic N) is 2. The van der Waals surface area contributed by atoms with Gasteiger partial charge < -0.3 is 5.11 Å². The Bertz CT molecular complexity index is 726. The molecule has 0 saturated heterocycles. The average molecular weight is 282 g/mol. The Kier molecular flexibility index (Phi) is 3.59. The molecule has 2 aromatic rings. The molecule has 1 aromatic heterocycles. The van der Waals surface area contributed by atoms with Gasteiger partial charge in [0.2, 0.25) is 0 Å². The zero-order valence-electron chi connectivity index (χ0n) is 10.4. The van der Waals surface area contributed by atoms with Crippen LogP contribution in [0.1, 0.15) is 5.56 Å². The molecule has 6 nitrogen and oxygen atoms in total. The zero-order chi connectivity index (χ0) is 14.0. The lowest BCUT2D eigenvalue weighted by atomic mass is 10.2. The SMILES string of the molecule is Cc1ccc(S(=O)(=O)n2ccc(=O)n2CCO)cc1. The third-order valence-electron chi connectivity index (χ3n) is 2.71. The van der Waals surface area contributed by atoms with Gasteiger partial charge in [-0.3, -0.25) is 4.79 Å². The van der Waals surface area contributed by atoms with Crippen molar-refractivity contribution < 1.29 is 13.5 Å². The Morgan fingerprint density at radius 1 is 1.16 bits per heavy atom. The second-order valence-electron chi connectivity index (χ2n) is 4.09. The first-order valence-corrected chi connectivity index (χ1v) is 7.12. The zero-order valence-corrected chi connectivity index (χ0v) is 11.2. The first-order valence-electron chi connectivity index (χ1n) is 5.68. The van der Waals surface area contributed by atoms with E-state index in [9.17, 15) is 13.2 Å². The first-order chi connectivity index (χ1) is 8.96. The maximum absolute atomic E-state index is 12.4. The fourth-order valence-corrected chi connectivity index (χ4v) is 3.06. The molecule has 0 spiro atoms. The van der Waals surface area contributed by atoms with Crippen LogP contribution in [0.2, 0.25) is 0 Å². The average Bonchev–Trinajstić information content (AvgIpc) is 2.73. The molecule has 2 rings (SSSR count). The van der Waals surface area contributed by atoms with E-state index in [4.69, 9.17) is 5.11 Å². The topological polar surface area (TPSA) is 81.3 Å². The summed E-state index contributed by atoms with van der Waals surface area (Å²) in [6.07, 6.45) is 1.19. The van der Waals surface area contributed by atoms with Crippen LogP contribution in [0, 0.1) is 6.92 Å². The van der Waals surface area contributed by atoms with Crippen LogP contribution < -0.4 is 5.56 Å². The van der Waals surface area contributed by atoms with Gasteiger partial charge in [-0.2, -0.15) is 12.5 Å². The molecule has 0 aliphatic heterocycles. The van der Waals surface area contributed by atoms with E-state index in [1.807, 2.05) is 6.92 Å². The molecular weight excluding hydrogens is 268 g/mol. The summed E-state index contributed by atoms with van der Waals surface area (Å²) >= 11 is 0. The van der Waals surface area contributed by atoms with Gasteiger partial charge >= 0.3 is 0 Å². The number of aromatic nitrogens is 2. The Balaban J connectivity index is 2.57. The Labute approximate surface area is 110 Å². The summed E-state index contributed by atoms with van der Waals surface area (Å²) in [5, 5.41) is 8.89. The minimum atomic E-state index is -3.82. The molecular formula is C12H14N2O4S. The molecule has 1 N–H and O–H groups in total. The maximum atomic E-state index is 12.4. The number of hydrogen-bond donors (Lipinski definition) is 1. The summed E-state index contributed by atoms with van der Waals surface area (Å²) in [5.41, 5.74) is 0.476. The van der Waals surface area contributed by atoms with Crippen LogP contribution in [0.25, 0.3) is 0 Å². The Hall–Kier alpha value is -1.86. The highest BCUT2D eigenvalue weighted by molar-refractivity contribution is 7.89. The smallest absolute Gasteiger partial charge is 0.281 e. The van der Waals surface area contributed by atoms with E-state index in [2.05, 4.69) is 0 Å². The molecule has 0 amide bonds. The quantitative estimate of drug-likeness (QED) is 0.868. The van der Waals surface area contributed by atoms with Crippen molar-refractivity contribution in [1.29, 1.82) is 0 Å². The molecule has 0 fully saturated rings. The van der Waals surface area contributed by atoms with Gasteiger partial charge in [0.05, 0.1) is 18.0 Å². The number of rotatable bonds is 4. The summed E-state index contributed by atoms with van der Waals surface area (Å²) in [5.74, 6) is 0. The molecule has 0 saturated carbocycles. The van der Waals surface area contributed by atoms with Gasteiger partial charge in [0, 0.05) is 12.3 Å². The molecule has 0 atom stereocenters. The van der Waals surface area contributed by atoms with Crippen LogP contribution >= 0.6 is 0 Å². The van der Waals surface area contributed by atoms with Gasteiger partial charge in [-0.1, -0.05) is 17.7 Å². The summed E-state index contributed by atoms with van der Waals surface area (Å²) in [6.45, 7) is 1.47. The summed E-state index contributed by atoms with van der Waals surface area (Å²) in [6, 6.07) is 7.49. The molecule has 0 aliphatic rings. The van der Waals surface area contributed by atoms with Gasteiger partial charge in [-0.05, 0) is 19.1 Å². The molecule has 0 radical (unpaired) electrons. The van der Waals surface area contributed by atoms with Crippen molar-refractivity contribution in [3.63, 3.8) is 0 Å². The third kappa shape index (κ3) is 2.47. The monoisotopic (exact) mass is 282 g/mol. The Morgan fingerprint density at radius 3 is 2.37 bits per heavy atom. The van der Waals surface area contributed by atoms with Crippen molar-refractivity contribution >= 4 is 10.0 Å². The lowest BCUT2D eigenvalue weighted by Crippen LogP contribution is -2.28. The van der Waals surface area contributed by atoms with Gasteiger partial charge in [-0.15, -0.1) is 0 Å². The van der Waals surface area contributed by atoms with E-state index >= 15 is 0 Å². The standard InChI is InChI=1S/C12H14N2O4S/c1-10-2-4-11(5-3-10)19(17,18)14-7-6-12(16)13(14)8-9-15/h2-7,15H,8-9H2,1H3. The normalized spacial score (nSPS) is 11.7. The molecule has 0 unspecified atom stereocenters. The van der Waals surface area contributed by atoms with Crippen molar-refractivity contribution in [3.8, 4) is 0 Å². The third-order valence-corrected chi connectivity index (χ3v) is 4.39. The van der Waals surface area contributed by atoms with Crippen LogP contribution in [0.4, 0.5) is 0 Å². The predicted molar refractivity (Wildman–Crippen MR) is 69.5 cm³/mol. The van der Waals surface area contributed by atoms with Crippen molar-refractivity contribution in [2.24, 2.45) is 0 Å². The van der Waals surface area contributed by atoms with Crippen molar-refractivity contribution in [2.45, 2.75) is 18.4 Å².